The van der Waals surface area contributed by atoms with Crippen molar-refractivity contribution in [1.29, 1.82) is 0 Å². The van der Waals surface area contributed by atoms with E-state index < -0.39 is 8.32 Å². The van der Waals surface area contributed by atoms with E-state index in [1.54, 1.807) is 7.11 Å². The Morgan fingerprint density at radius 3 is 2.21 bits per heavy atom. The zero-order valence-electron chi connectivity index (χ0n) is 10.0. The van der Waals surface area contributed by atoms with Crippen LogP contribution < -0.4 is 0 Å². The molecule has 1 unspecified atom stereocenters. The van der Waals surface area contributed by atoms with Gasteiger partial charge in [-0.2, -0.15) is 0 Å². The van der Waals surface area contributed by atoms with Crippen LogP contribution in [0, 0.1) is 0 Å². The maximum atomic E-state index is 8.93. The normalized spacial score (nSPS) is 15.4. The molecule has 0 aliphatic rings. The van der Waals surface area contributed by atoms with Gasteiger partial charge in [-0.25, -0.2) is 0 Å². The summed E-state index contributed by atoms with van der Waals surface area (Å²) >= 11 is 0. The molecule has 1 N–H and O–H groups in total. The molecule has 0 rings (SSSR count). The van der Waals surface area contributed by atoms with E-state index in [0.717, 1.165) is 6.04 Å². The molecule has 3 heteroatoms. The third-order valence-corrected chi connectivity index (χ3v) is 6.62. The van der Waals surface area contributed by atoms with Gasteiger partial charge in [0.05, 0.1) is 0 Å². The molecular formula is C11H26O2Si. The Balaban J connectivity index is 3.51. The first-order valence-electron chi connectivity index (χ1n) is 5.84. The fourth-order valence-electron chi connectivity index (χ4n) is 1.67. The fourth-order valence-corrected chi connectivity index (χ4v) is 3.80. The lowest BCUT2D eigenvalue weighted by Crippen LogP contribution is -2.33. The van der Waals surface area contributed by atoms with Crippen molar-refractivity contribution in [3.05, 3.63) is 0 Å². The highest BCUT2D eigenvalue weighted by molar-refractivity contribution is 6.72. The Bertz CT molecular complexity index is 130. The summed E-state index contributed by atoms with van der Waals surface area (Å²) in [6, 6.07) is 2.09. The van der Waals surface area contributed by atoms with Gasteiger partial charge >= 0.3 is 0 Å². The molecule has 0 fully saturated rings. The van der Waals surface area contributed by atoms with Crippen molar-refractivity contribution in [2.24, 2.45) is 0 Å². The van der Waals surface area contributed by atoms with Crippen LogP contribution in [0.25, 0.3) is 0 Å². The van der Waals surface area contributed by atoms with E-state index in [0.29, 0.717) is 0 Å². The Hall–Kier alpha value is 0.137. The largest absolute Gasteiger partial charge is 0.420 e. The minimum atomic E-state index is -1.53. The van der Waals surface area contributed by atoms with Gasteiger partial charge < -0.3 is 9.53 Å². The minimum absolute atomic E-state index is 0.283. The Kier molecular flexibility index (Phi) is 8.53. The monoisotopic (exact) mass is 218 g/mol. The number of aliphatic hydroxyl groups excluding tert-OH is 1. The van der Waals surface area contributed by atoms with Gasteiger partial charge in [0.25, 0.3) is 0 Å². The smallest absolute Gasteiger partial charge is 0.191 e. The summed E-state index contributed by atoms with van der Waals surface area (Å²) in [5.41, 5.74) is 0. The molecule has 14 heavy (non-hydrogen) atoms. The standard InChI is InChI=1S/C11H26O2Si/c1-4-5-6-7-8-10-14(3,13-2)11-9-12/h12H,4-11H2,1-3H3. The van der Waals surface area contributed by atoms with Crippen LogP contribution in [-0.2, 0) is 4.43 Å². The average molecular weight is 218 g/mol. The molecule has 0 heterocycles. The maximum Gasteiger partial charge on any atom is 0.191 e. The molecule has 0 spiro atoms. The van der Waals surface area contributed by atoms with Crippen molar-refractivity contribution < 1.29 is 9.53 Å². The number of aliphatic hydroxyl groups is 1. The highest BCUT2D eigenvalue weighted by atomic mass is 28.4. The molecule has 1 atom stereocenters. The summed E-state index contributed by atoms with van der Waals surface area (Å²) in [6.45, 7) is 4.74. The topological polar surface area (TPSA) is 29.5 Å². The molecule has 0 saturated carbocycles. The maximum absolute atomic E-state index is 8.93. The van der Waals surface area contributed by atoms with E-state index >= 15 is 0 Å². The molecule has 0 bridgehead atoms. The summed E-state index contributed by atoms with van der Waals surface area (Å²) < 4.78 is 5.56. The molecule has 0 radical (unpaired) electrons. The second-order valence-electron chi connectivity index (χ2n) is 4.29. The molecule has 0 aromatic heterocycles. The number of hydrogen-bond donors (Lipinski definition) is 1. The first-order valence-corrected chi connectivity index (χ1v) is 8.67. The van der Waals surface area contributed by atoms with E-state index in [9.17, 15) is 0 Å². The van der Waals surface area contributed by atoms with E-state index in [1.807, 2.05) is 0 Å². The summed E-state index contributed by atoms with van der Waals surface area (Å²) in [5, 5.41) is 8.93. The zero-order chi connectivity index (χ0) is 10.9. The van der Waals surface area contributed by atoms with Gasteiger partial charge in [-0.1, -0.05) is 39.0 Å². The SMILES string of the molecule is CCCCCCC[Si](C)(CCO)OC. The number of hydrogen-bond acceptors (Lipinski definition) is 2. The van der Waals surface area contributed by atoms with Gasteiger partial charge in [-0.15, -0.1) is 0 Å². The van der Waals surface area contributed by atoms with Crippen molar-refractivity contribution >= 4 is 8.32 Å². The predicted molar refractivity (Wildman–Crippen MR) is 64.1 cm³/mol. The quantitative estimate of drug-likeness (QED) is 0.476. The molecular weight excluding hydrogens is 192 g/mol. The third kappa shape index (κ3) is 6.57. The van der Waals surface area contributed by atoms with Gasteiger partial charge in [0, 0.05) is 13.7 Å². The average Bonchev–Trinajstić information content (AvgIpc) is 2.18. The lowest BCUT2D eigenvalue weighted by atomic mass is 10.2. The Labute approximate surface area is 89.8 Å². The lowest BCUT2D eigenvalue weighted by Gasteiger charge is -2.24. The summed E-state index contributed by atoms with van der Waals surface area (Å²) in [4.78, 5) is 0. The summed E-state index contributed by atoms with van der Waals surface area (Å²) in [6.07, 6.45) is 6.60. The van der Waals surface area contributed by atoms with E-state index in [4.69, 9.17) is 9.53 Å². The molecule has 0 aliphatic heterocycles. The Morgan fingerprint density at radius 1 is 1.07 bits per heavy atom. The van der Waals surface area contributed by atoms with Crippen molar-refractivity contribution in [1.82, 2.24) is 0 Å². The number of unbranched alkanes of at least 4 members (excludes halogenated alkanes) is 4. The van der Waals surface area contributed by atoms with Crippen LogP contribution in [0.3, 0.4) is 0 Å². The second kappa shape index (κ2) is 8.45. The number of rotatable bonds is 9. The van der Waals surface area contributed by atoms with Crippen LogP contribution >= 0.6 is 0 Å². The highest BCUT2D eigenvalue weighted by Gasteiger charge is 2.25. The van der Waals surface area contributed by atoms with Crippen LogP contribution in [-0.4, -0.2) is 27.1 Å². The van der Waals surface area contributed by atoms with Crippen LogP contribution in [0.5, 0.6) is 0 Å². The third-order valence-electron chi connectivity index (χ3n) is 2.94. The van der Waals surface area contributed by atoms with Gasteiger partial charge in [0.2, 0.25) is 0 Å². The fraction of sp³-hybridized carbons (Fsp3) is 1.00. The molecule has 2 nitrogen and oxygen atoms in total. The minimum Gasteiger partial charge on any atom is -0.420 e. The Morgan fingerprint density at radius 2 is 1.71 bits per heavy atom. The van der Waals surface area contributed by atoms with E-state index in [2.05, 4.69) is 13.5 Å². The van der Waals surface area contributed by atoms with Crippen molar-refractivity contribution in [3.8, 4) is 0 Å². The first kappa shape index (κ1) is 14.1. The van der Waals surface area contributed by atoms with Crippen LogP contribution in [0.4, 0.5) is 0 Å². The lowest BCUT2D eigenvalue weighted by molar-refractivity contribution is 0.301. The van der Waals surface area contributed by atoms with E-state index in [1.165, 1.54) is 38.1 Å². The van der Waals surface area contributed by atoms with Crippen molar-refractivity contribution in [2.45, 2.75) is 57.7 Å². The predicted octanol–water partition coefficient (Wildman–Crippen LogP) is 3.17. The van der Waals surface area contributed by atoms with Crippen LogP contribution in [0.15, 0.2) is 0 Å². The summed E-state index contributed by atoms with van der Waals surface area (Å²) in [5.74, 6) is 0. The molecule has 0 aromatic rings. The molecule has 0 aliphatic carbocycles. The zero-order valence-corrected chi connectivity index (χ0v) is 11.0. The first-order chi connectivity index (χ1) is 6.68. The van der Waals surface area contributed by atoms with Crippen molar-refractivity contribution in [2.75, 3.05) is 13.7 Å². The van der Waals surface area contributed by atoms with Crippen LogP contribution in [0.2, 0.25) is 18.6 Å². The molecule has 0 aromatic carbocycles. The van der Waals surface area contributed by atoms with Gasteiger partial charge in [-0.05, 0) is 18.6 Å². The van der Waals surface area contributed by atoms with Gasteiger partial charge in [0.1, 0.15) is 0 Å². The molecule has 86 valence electrons. The van der Waals surface area contributed by atoms with E-state index in [-0.39, 0.29) is 6.61 Å². The molecule has 0 amide bonds. The van der Waals surface area contributed by atoms with Gasteiger partial charge in [0.15, 0.2) is 8.32 Å². The van der Waals surface area contributed by atoms with Gasteiger partial charge in [-0.3, -0.25) is 0 Å². The van der Waals surface area contributed by atoms with Crippen LogP contribution in [0.1, 0.15) is 39.0 Å². The second-order valence-corrected chi connectivity index (χ2v) is 8.60. The van der Waals surface area contributed by atoms with Crippen molar-refractivity contribution in [3.63, 3.8) is 0 Å². The molecule has 0 saturated heterocycles. The summed E-state index contributed by atoms with van der Waals surface area (Å²) in [7, 11) is 0.266. The highest BCUT2D eigenvalue weighted by Crippen LogP contribution is 2.20.